The van der Waals surface area contributed by atoms with E-state index in [1.807, 2.05) is 6.92 Å². The second kappa shape index (κ2) is 8.53. The lowest BCUT2D eigenvalue weighted by atomic mass is 10.2. The number of nitrogens with two attached hydrogens (primary N) is 1. The van der Waals surface area contributed by atoms with Crippen molar-refractivity contribution in [2.45, 2.75) is 52.1 Å². The number of hydrogen-bond donors (Lipinski definition) is 2. The van der Waals surface area contributed by atoms with Crippen molar-refractivity contribution in [1.29, 1.82) is 0 Å². The molecule has 1 unspecified atom stereocenters. The SMILES string of the molecule is CCC(NCCCCN(C)C(C)C)C(N)=O. The fourth-order valence-corrected chi connectivity index (χ4v) is 1.47. The maximum absolute atomic E-state index is 10.9. The molecule has 0 aromatic carbocycles. The summed E-state index contributed by atoms with van der Waals surface area (Å²) in [6.45, 7) is 8.33. The fraction of sp³-hybridized carbons (Fsp3) is 0.917. The second-order valence-electron chi connectivity index (χ2n) is 4.60. The molecule has 4 nitrogen and oxygen atoms in total. The molecule has 1 atom stereocenters. The zero-order valence-corrected chi connectivity index (χ0v) is 11.1. The van der Waals surface area contributed by atoms with Gasteiger partial charge in [-0.25, -0.2) is 0 Å². The van der Waals surface area contributed by atoms with Gasteiger partial charge in [0, 0.05) is 6.04 Å². The Kier molecular flexibility index (Phi) is 8.21. The first-order valence-corrected chi connectivity index (χ1v) is 6.22. The van der Waals surface area contributed by atoms with Crippen molar-refractivity contribution in [3.63, 3.8) is 0 Å². The Hall–Kier alpha value is -0.610. The van der Waals surface area contributed by atoms with Crippen LogP contribution in [0.3, 0.4) is 0 Å². The highest BCUT2D eigenvalue weighted by Crippen LogP contribution is 1.98. The van der Waals surface area contributed by atoms with Gasteiger partial charge in [0.25, 0.3) is 0 Å². The molecule has 0 aromatic heterocycles. The Balaban J connectivity index is 3.49. The van der Waals surface area contributed by atoms with Crippen LogP contribution in [0.1, 0.15) is 40.0 Å². The summed E-state index contributed by atoms with van der Waals surface area (Å²) in [6, 6.07) is 0.435. The Morgan fingerprint density at radius 3 is 2.44 bits per heavy atom. The lowest BCUT2D eigenvalue weighted by molar-refractivity contribution is -0.120. The van der Waals surface area contributed by atoms with Gasteiger partial charge < -0.3 is 16.0 Å². The molecule has 96 valence electrons. The topological polar surface area (TPSA) is 58.4 Å². The fourth-order valence-electron chi connectivity index (χ4n) is 1.47. The monoisotopic (exact) mass is 229 g/mol. The molecule has 0 spiro atoms. The van der Waals surface area contributed by atoms with Crippen molar-refractivity contribution in [3.05, 3.63) is 0 Å². The smallest absolute Gasteiger partial charge is 0.234 e. The standard InChI is InChI=1S/C12H27N3O/c1-5-11(12(13)16)14-8-6-7-9-15(4)10(2)3/h10-11,14H,5-9H2,1-4H3,(H2,13,16). The van der Waals surface area contributed by atoms with Gasteiger partial charge >= 0.3 is 0 Å². The molecule has 0 heterocycles. The quantitative estimate of drug-likeness (QED) is 0.579. The molecule has 1 amide bonds. The highest BCUT2D eigenvalue weighted by Gasteiger charge is 2.10. The minimum Gasteiger partial charge on any atom is -0.368 e. The minimum atomic E-state index is -0.248. The average molecular weight is 229 g/mol. The molecule has 0 aliphatic carbocycles. The van der Waals surface area contributed by atoms with Crippen LogP contribution in [0.25, 0.3) is 0 Å². The minimum absolute atomic E-state index is 0.164. The summed E-state index contributed by atoms with van der Waals surface area (Å²) in [5, 5.41) is 3.18. The van der Waals surface area contributed by atoms with E-state index in [-0.39, 0.29) is 11.9 Å². The Morgan fingerprint density at radius 2 is 2.00 bits per heavy atom. The molecule has 0 rings (SSSR count). The highest BCUT2D eigenvalue weighted by molar-refractivity contribution is 5.79. The number of nitrogens with one attached hydrogen (secondary N) is 1. The van der Waals surface area contributed by atoms with Crippen LogP contribution in [0.15, 0.2) is 0 Å². The molecule has 0 bridgehead atoms. The van der Waals surface area contributed by atoms with E-state index >= 15 is 0 Å². The number of rotatable bonds is 9. The predicted molar refractivity (Wildman–Crippen MR) is 68.3 cm³/mol. The van der Waals surface area contributed by atoms with Crippen LogP contribution in [0.5, 0.6) is 0 Å². The average Bonchev–Trinajstić information content (AvgIpc) is 2.22. The maximum atomic E-state index is 10.9. The van der Waals surface area contributed by atoms with Crippen LogP contribution >= 0.6 is 0 Å². The molecule has 0 saturated heterocycles. The van der Waals surface area contributed by atoms with E-state index in [1.54, 1.807) is 0 Å². The van der Waals surface area contributed by atoms with Gasteiger partial charge in [0.15, 0.2) is 0 Å². The molecular formula is C12H27N3O. The van der Waals surface area contributed by atoms with Crippen molar-refractivity contribution >= 4 is 5.91 Å². The van der Waals surface area contributed by atoms with Crippen LogP contribution in [0, 0.1) is 0 Å². The van der Waals surface area contributed by atoms with Gasteiger partial charge in [0.05, 0.1) is 6.04 Å². The van der Waals surface area contributed by atoms with Crippen molar-refractivity contribution in [2.75, 3.05) is 20.1 Å². The van der Waals surface area contributed by atoms with Crippen molar-refractivity contribution < 1.29 is 4.79 Å². The van der Waals surface area contributed by atoms with Crippen LogP contribution in [-0.2, 0) is 4.79 Å². The van der Waals surface area contributed by atoms with Gasteiger partial charge in [0.2, 0.25) is 5.91 Å². The number of unbranched alkanes of at least 4 members (excludes halogenated alkanes) is 1. The molecule has 3 N–H and O–H groups in total. The first kappa shape index (κ1) is 15.4. The molecule has 0 radical (unpaired) electrons. The number of carbonyl (C=O) groups excluding carboxylic acids is 1. The van der Waals surface area contributed by atoms with Crippen LogP contribution in [0.2, 0.25) is 0 Å². The van der Waals surface area contributed by atoms with E-state index in [0.717, 1.165) is 32.4 Å². The summed E-state index contributed by atoms with van der Waals surface area (Å²) in [6.07, 6.45) is 3.00. The first-order valence-electron chi connectivity index (χ1n) is 6.22. The summed E-state index contributed by atoms with van der Waals surface area (Å²) >= 11 is 0. The van der Waals surface area contributed by atoms with Crippen molar-refractivity contribution in [2.24, 2.45) is 5.73 Å². The molecule has 16 heavy (non-hydrogen) atoms. The summed E-state index contributed by atoms with van der Waals surface area (Å²) < 4.78 is 0. The molecule has 0 aromatic rings. The Labute approximate surface area is 99.6 Å². The number of amides is 1. The third-order valence-corrected chi connectivity index (χ3v) is 2.96. The van der Waals surface area contributed by atoms with Gasteiger partial charge in [0.1, 0.15) is 0 Å². The molecule has 0 saturated carbocycles. The van der Waals surface area contributed by atoms with Gasteiger partial charge in [-0.15, -0.1) is 0 Å². The predicted octanol–water partition coefficient (Wildman–Crippen LogP) is 0.960. The van der Waals surface area contributed by atoms with Gasteiger partial charge in [-0.2, -0.15) is 0 Å². The number of hydrogen-bond acceptors (Lipinski definition) is 3. The highest BCUT2D eigenvalue weighted by atomic mass is 16.1. The lowest BCUT2D eigenvalue weighted by Gasteiger charge is -2.21. The summed E-state index contributed by atoms with van der Waals surface area (Å²) in [4.78, 5) is 13.3. The van der Waals surface area contributed by atoms with Crippen LogP contribution in [-0.4, -0.2) is 43.0 Å². The van der Waals surface area contributed by atoms with Crippen molar-refractivity contribution in [3.8, 4) is 0 Å². The van der Waals surface area contributed by atoms with Crippen LogP contribution < -0.4 is 11.1 Å². The van der Waals surface area contributed by atoms with Crippen LogP contribution in [0.4, 0.5) is 0 Å². The van der Waals surface area contributed by atoms with Crippen molar-refractivity contribution in [1.82, 2.24) is 10.2 Å². The third-order valence-electron chi connectivity index (χ3n) is 2.96. The lowest BCUT2D eigenvalue weighted by Crippen LogP contribution is -2.41. The summed E-state index contributed by atoms with van der Waals surface area (Å²) in [7, 11) is 2.14. The Bertz CT molecular complexity index is 195. The Morgan fingerprint density at radius 1 is 1.38 bits per heavy atom. The van der Waals surface area contributed by atoms with Gasteiger partial charge in [-0.3, -0.25) is 4.79 Å². The molecule has 0 fully saturated rings. The number of nitrogens with zero attached hydrogens (tertiary/aromatic N) is 1. The number of carbonyl (C=O) groups is 1. The normalized spacial score (nSPS) is 13.4. The number of primary amides is 1. The third kappa shape index (κ3) is 6.80. The van der Waals surface area contributed by atoms with E-state index in [0.29, 0.717) is 6.04 Å². The largest absolute Gasteiger partial charge is 0.368 e. The van der Waals surface area contributed by atoms with E-state index in [1.165, 1.54) is 0 Å². The molecular weight excluding hydrogens is 202 g/mol. The first-order chi connectivity index (χ1) is 7.49. The zero-order valence-electron chi connectivity index (χ0n) is 11.1. The summed E-state index contributed by atoms with van der Waals surface area (Å²) in [5.74, 6) is -0.248. The maximum Gasteiger partial charge on any atom is 0.234 e. The zero-order chi connectivity index (χ0) is 12.6. The van der Waals surface area contributed by atoms with E-state index in [2.05, 4.69) is 31.1 Å². The summed E-state index contributed by atoms with van der Waals surface area (Å²) in [5.41, 5.74) is 5.24. The van der Waals surface area contributed by atoms with E-state index in [9.17, 15) is 4.79 Å². The second-order valence-corrected chi connectivity index (χ2v) is 4.60. The van der Waals surface area contributed by atoms with E-state index in [4.69, 9.17) is 5.73 Å². The molecule has 0 aliphatic rings. The van der Waals surface area contributed by atoms with Gasteiger partial charge in [-0.05, 0) is 53.2 Å². The molecule has 4 heteroatoms. The molecule has 0 aliphatic heterocycles. The van der Waals surface area contributed by atoms with E-state index < -0.39 is 0 Å². The van der Waals surface area contributed by atoms with Gasteiger partial charge in [-0.1, -0.05) is 6.92 Å².